The van der Waals surface area contributed by atoms with Gasteiger partial charge in [-0.05, 0) is 43.7 Å². The molecule has 1 saturated carbocycles. The number of carboxylic acids is 1. The van der Waals surface area contributed by atoms with Crippen molar-refractivity contribution >= 4 is 11.7 Å². The number of nitrogens with zero attached hydrogens (tertiary/aromatic N) is 2. The standard InChI is InChI=1S/C15H20N2O2/c18-15(19)14-13(7-3-9-16-14)17-10-4-8-12(17)11-5-1-2-6-11/h3,7,9,11-12H,1-2,4-6,8,10H2,(H,18,19). The van der Waals surface area contributed by atoms with E-state index in [1.165, 1.54) is 32.1 Å². The molecule has 0 spiro atoms. The van der Waals surface area contributed by atoms with Crippen LogP contribution in [0.4, 0.5) is 5.69 Å². The van der Waals surface area contributed by atoms with Crippen LogP contribution in [0.2, 0.25) is 0 Å². The van der Waals surface area contributed by atoms with Gasteiger partial charge in [-0.25, -0.2) is 9.78 Å². The van der Waals surface area contributed by atoms with Crippen molar-refractivity contribution in [2.24, 2.45) is 5.92 Å². The highest BCUT2D eigenvalue weighted by molar-refractivity contribution is 5.92. The molecule has 0 aromatic carbocycles. The number of aromatic nitrogens is 1. The van der Waals surface area contributed by atoms with Crippen molar-refractivity contribution in [2.75, 3.05) is 11.4 Å². The SMILES string of the molecule is O=C(O)c1ncccc1N1CCCC1C1CCCC1. The molecule has 1 unspecified atom stereocenters. The molecule has 1 aromatic rings. The maximum Gasteiger partial charge on any atom is 0.356 e. The molecule has 2 aliphatic rings. The van der Waals surface area contributed by atoms with Gasteiger partial charge in [0.1, 0.15) is 0 Å². The van der Waals surface area contributed by atoms with Gasteiger partial charge in [-0.15, -0.1) is 0 Å². The summed E-state index contributed by atoms with van der Waals surface area (Å²) in [6.07, 6.45) is 9.16. The van der Waals surface area contributed by atoms with Crippen molar-refractivity contribution in [2.45, 2.75) is 44.6 Å². The van der Waals surface area contributed by atoms with Crippen LogP contribution < -0.4 is 4.90 Å². The number of aromatic carboxylic acids is 1. The molecular weight excluding hydrogens is 240 g/mol. The Morgan fingerprint density at radius 2 is 2.05 bits per heavy atom. The molecule has 1 N–H and O–H groups in total. The molecule has 1 aliphatic carbocycles. The summed E-state index contributed by atoms with van der Waals surface area (Å²) < 4.78 is 0. The third kappa shape index (κ3) is 2.31. The molecule has 4 heteroatoms. The monoisotopic (exact) mass is 260 g/mol. The summed E-state index contributed by atoms with van der Waals surface area (Å²) in [5, 5.41) is 9.29. The highest BCUT2D eigenvalue weighted by atomic mass is 16.4. The van der Waals surface area contributed by atoms with E-state index in [0.717, 1.165) is 24.6 Å². The summed E-state index contributed by atoms with van der Waals surface area (Å²) in [5.41, 5.74) is 1.01. The molecule has 0 amide bonds. The first-order valence-electron chi connectivity index (χ1n) is 7.22. The van der Waals surface area contributed by atoms with Gasteiger partial charge >= 0.3 is 5.97 Å². The zero-order chi connectivity index (χ0) is 13.2. The highest BCUT2D eigenvalue weighted by Crippen LogP contribution is 2.38. The van der Waals surface area contributed by atoms with Crippen molar-refractivity contribution in [1.29, 1.82) is 0 Å². The van der Waals surface area contributed by atoms with Gasteiger partial charge in [-0.3, -0.25) is 0 Å². The quantitative estimate of drug-likeness (QED) is 0.907. The predicted molar refractivity (Wildman–Crippen MR) is 73.5 cm³/mol. The van der Waals surface area contributed by atoms with E-state index >= 15 is 0 Å². The summed E-state index contributed by atoms with van der Waals surface area (Å²) in [4.78, 5) is 17.7. The molecule has 3 rings (SSSR count). The van der Waals surface area contributed by atoms with E-state index < -0.39 is 5.97 Å². The van der Waals surface area contributed by atoms with Crippen LogP contribution in [-0.2, 0) is 0 Å². The van der Waals surface area contributed by atoms with Crippen LogP contribution in [0.15, 0.2) is 18.3 Å². The maximum atomic E-state index is 11.3. The first kappa shape index (κ1) is 12.5. The van der Waals surface area contributed by atoms with Gasteiger partial charge in [-0.2, -0.15) is 0 Å². The zero-order valence-electron chi connectivity index (χ0n) is 11.1. The second kappa shape index (κ2) is 5.19. The second-order valence-electron chi connectivity index (χ2n) is 5.62. The Kier molecular flexibility index (Phi) is 3.40. The fourth-order valence-corrected chi connectivity index (χ4v) is 3.72. The van der Waals surface area contributed by atoms with E-state index in [1.807, 2.05) is 12.1 Å². The summed E-state index contributed by atoms with van der Waals surface area (Å²) in [6.45, 7) is 0.965. The number of hydrogen-bond donors (Lipinski definition) is 1. The van der Waals surface area contributed by atoms with E-state index in [1.54, 1.807) is 6.20 Å². The molecule has 1 aromatic heterocycles. The second-order valence-corrected chi connectivity index (χ2v) is 5.62. The van der Waals surface area contributed by atoms with E-state index in [2.05, 4.69) is 9.88 Å². The lowest BCUT2D eigenvalue weighted by molar-refractivity contribution is 0.0691. The van der Waals surface area contributed by atoms with Gasteiger partial charge in [0.05, 0.1) is 5.69 Å². The number of carbonyl (C=O) groups is 1. The fraction of sp³-hybridized carbons (Fsp3) is 0.600. The van der Waals surface area contributed by atoms with Crippen LogP contribution >= 0.6 is 0 Å². The zero-order valence-corrected chi connectivity index (χ0v) is 11.1. The lowest BCUT2D eigenvalue weighted by Gasteiger charge is -2.31. The average molecular weight is 260 g/mol. The van der Waals surface area contributed by atoms with Gasteiger partial charge in [0.2, 0.25) is 0 Å². The summed E-state index contributed by atoms with van der Waals surface area (Å²) in [5.74, 6) is -0.183. The Labute approximate surface area is 113 Å². The van der Waals surface area contributed by atoms with Crippen LogP contribution in [0.5, 0.6) is 0 Å². The molecule has 0 bridgehead atoms. The topological polar surface area (TPSA) is 53.4 Å². The normalized spacial score (nSPS) is 24.0. The van der Waals surface area contributed by atoms with Crippen molar-refractivity contribution in [3.8, 4) is 0 Å². The highest BCUT2D eigenvalue weighted by Gasteiger charge is 2.35. The fourth-order valence-electron chi connectivity index (χ4n) is 3.72. The van der Waals surface area contributed by atoms with Gasteiger partial charge in [0, 0.05) is 18.8 Å². The average Bonchev–Trinajstić information content (AvgIpc) is 3.09. The molecule has 1 aliphatic heterocycles. The van der Waals surface area contributed by atoms with Gasteiger partial charge in [0.15, 0.2) is 5.69 Å². The first-order valence-corrected chi connectivity index (χ1v) is 7.22. The minimum absolute atomic E-state index is 0.201. The minimum atomic E-state index is -0.923. The lowest BCUT2D eigenvalue weighted by Crippen LogP contribution is -2.35. The smallest absolute Gasteiger partial charge is 0.356 e. The van der Waals surface area contributed by atoms with Crippen LogP contribution in [0.25, 0.3) is 0 Å². The first-order chi connectivity index (χ1) is 9.27. The molecule has 2 fully saturated rings. The van der Waals surface area contributed by atoms with Crippen molar-refractivity contribution in [3.05, 3.63) is 24.0 Å². The molecular formula is C15H20N2O2. The Hall–Kier alpha value is -1.58. The third-order valence-electron chi connectivity index (χ3n) is 4.54. The van der Waals surface area contributed by atoms with Gasteiger partial charge < -0.3 is 10.0 Å². The number of pyridine rings is 1. The Morgan fingerprint density at radius 1 is 1.26 bits per heavy atom. The number of hydrogen-bond acceptors (Lipinski definition) is 3. The number of carboxylic acid groups (broad SMARTS) is 1. The van der Waals surface area contributed by atoms with Crippen molar-refractivity contribution < 1.29 is 9.90 Å². The van der Waals surface area contributed by atoms with Crippen LogP contribution in [-0.4, -0.2) is 28.6 Å². The molecule has 4 nitrogen and oxygen atoms in total. The molecule has 19 heavy (non-hydrogen) atoms. The Balaban J connectivity index is 1.90. The van der Waals surface area contributed by atoms with E-state index in [-0.39, 0.29) is 5.69 Å². The number of rotatable bonds is 3. The minimum Gasteiger partial charge on any atom is -0.476 e. The van der Waals surface area contributed by atoms with E-state index in [0.29, 0.717) is 6.04 Å². The molecule has 2 heterocycles. The molecule has 1 atom stereocenters. The summed E-state index contributed by atoms with van der Waals surface area (Å²) in [6, 6.07) is 4.26. The predicted octanol–water partition coefficient (Wildman–Crippen LogP) is 2.94. The molecule has 0 radical (unpaired) electrons. The van der Waals surface area contributed by atoms with Crippen LogP contribution in [0.1, 0.15) is 49.0 Å². The Bertz CT molecular complexity index is 469. The van der Waals surface area contributed by atoms with E-state index in [9.17, 15) is 9.90 Å². The number of anilines is 1. The summed E-state index contributed by atoms with van der Waals surface area (Å²) in [7, 11) is 0. The van der Waals surface area contributed by atoms with E-state index in [4.69, 9.17) is 0 Å². The Morgan fingerprint density at radius 3 is 2.79 bits per heavy atom. The van der Waals surface area contributed by atoms with Crippen molar-refractivity contribution in [1.82, 2.24) is 4.98 Å². The van der Waals surface area contributed by atoms with Gasteiger partial charge in [0.25, 0.3) is 0 Å². The molecule has 102 valence electrons. The maximum absolute atomic E-state index is 11.3. The molecule has 1 saturated heterocycles. The van der Waals surface area contributed by atoms with Crippen LogP contribution in [0, 0.1) is 5.92 Å². The summed E-state index contributed by atoms with van der Waals surface area (Å²) >= 11 is 0. The van der Waals surface area contributed by atoms with Gasteiger partial charge in [-0.1, -0.05) is 12.8 Å². The third-order valence-corrected chi connectivity index (χ3v) is 4.54. The van der Waals surface area contributed by atoms with Crippen molar-refractivity contribution in [3.63, 3.8) is 0 Å². The largest absolute Gasteiger partial charge is 0.476 e. The van der Waals surface area contributed by atoms with Crippen LogP contribution in [0.3, 0.4) is 0 Å². The lowest BCUT2D eigenvalue weighted by atomic mass is 9.95.